The van der Waals surface area contributed by atoms with Crippen molar-refractivity contribution in [2.45, 2.75) is 25.3 Å². The molecule has 1 unspecified atom stereocenters. The summed E-state index contributed by atoms with van der Waals surface area (Å²) in [7, 11) is 0. The highest BCUT2D eigenvalue weighted by atomic mass is 16.5. The molecule has 2 aliphatic heterocycles. The number of benzene rings is 1. The Morgan fingerprint density at radius 3 is 2.60 bits per heavy atom. The monoisotopic (exact) mass is 347 g/mol. The Morgan fingerprint density at radius 2 is 1.96 bits per heavy atom. The number of nitrogens with zero attached hydrogens (tertiary/aromatic N) is 1. The van der Waals surface area contributed by atoms with Gasteiger partial charge in [0.25, 0.3) is 0 Å². The van der Waals surface area contributed by atoms with E-state index in [-0.39, 0.29) is 29.5 Å². The highest BCUT2D eigenvalue weighted by Crippen LogP contribution is 2.21. The molecule has 2 heterocycles. The van der Waals surface area contributed by atoms with Crippen molar-refractivity contribution >= 4 is 17.5 Å². The number of likely N-dealkylation sites (tertiary alicyclic amines) is 1. The molecular formula is C18H25N3O4. The fraction of sp³-hybridized carbons (Fsp3) is 0.556. The van der Waals surface area contributed by atoms with E-state index in [0.717, 1.165) is 6.54 Å². The van der Waals surface area contributed by atoms with Gasteiger partial charge in [0, 0.05) is 43.7 Å². The summed E-state index contributed by atoms with van der Waals surface area (Å²) in [5, 5.41) is 15.4. The molecule has 0 aliphatic carbocycles. The van der Waals surface area contributed by atoms with E-state index in [9.17, 15) is 14.7 Å². The average molecular weight is 347 g/mol. The van der Waals surface area contributed by atoms with Crippen molar-refractivity contribution in [2.75, 3.05) is 38.2 Å². The number of anilines is 1. The molecule has 7 heteroatoms. The van der Waals surface area contributed by atoms with Gasteiger partial charge < -0.3 is 25.4 Å². The highest BCUT2D eigenvalue weighted by molar-refractivity contribution is 5.92. The fourth-order valence-electron chi connectivity index (χ4n) is 3.27. The lowest BCUT2D eigenvalue weighted by molar-refractivity contribution is -0.135. The number of piperidine rings is 1. The predicted molar refractivity (Wildman–Crippen MR) is 93.3 cm³/mol. The van der Waals surface area contributed by atoms with Crippen LogP contribution in [0, 0.1) is 5.92 Å². The van der Waals surface area contributed by atoms with Crippen LogP contribution in [0.2, 0.25) is 0 Å². The van der Waals surface area contributed by atoms with Gasteiger partial charge in [0.15, 0.2) is 0 Å². The largest absolute Gasteiger partial charge is 0.508 e. The minimum atomic E-state index is -0.0889. The molecule has 0 radical (unpaired) electrons. The minimum absolute atomic E-state index is 0.0277. The first-order valence-corrected chi connectivity index (χ1v) is 8.80. The minimum Gasteiger partial charge on any atom is -0.508 e. The number of aromatic hydroxyl groups is 1. The van der Waals surface area contributed by atoms with Crippen molar-refractivity contribution < 1.29 is 19.4 Å². The molecule has 2 amide bonds. The molecule has 2 aliphatic rings. The van der Waals surface area contributed by atoms with Crippen LogP contribution in [0.5, 0.6) is 5.75 Å². The van der Waals surface area contributed by atoms with Crippen molar-refractivity contribution in [3.63, 3.8) is 0 Å². The summed E-state index contributed by atoms with van der Waals surface area (Å²) in [6, 6.07) is 6.52. The first-order chi connectivity index (χ1) is 12.1. The SMILES string of the molecule is O=C(Nc1ccc(O)cc1)C1CCN(C(=O)CC2COCCN2)CC1. The zero-order valence-corrected chi connectivity index (χ0v) is 14.2. The molecule has 2 fully saturated rings. The number of rotatable bonds is 4. The summed E-state index contributed by atoms with van der Waals surface area (Å²) < 4.78 is 5.38. The standard InChI is InChI=1S/C18H25N3O4/c22-16-3-1-14(2-4-16)20-18(24)13-5-8-21(9-6-13)17(23)11-15-12-25-10-7-19-15/h1-4,13,15,19,22H,5-12H2,(H,20,24). The van der Waals surface area contributed by atoms with Crippen LogP contribution < -0.4 is 10.6 Å². The van der Waals surface area contributed by atoms with E-state index in [0.29, 0.717) is 51.3 Å². The van der Waals surface area contributed by atoms with Crippen molar-refractivity contribution in [1.29, 1.82) is 0 Å². The normalized spacial score (nSPS) is 21.8. The van der Waals surface area contributed by atoms with Crippen LogP contribution in [0.1, 0.15) is 19.3 Å². The van der Waals surface area contributed by atoms with Gasteiger partial charge in [0.05, 0.1) is 13.2 Å². The van der Waals surface area contributed by atoms with E-state index in [1.54, 1.807) is 24.3 Å². The zero-order chi connectivity index (χ0) is 17.6. The lowest BCUT2D eigenvalue weighted by Crippen LogP contribution is -2.47. The third kappa shape index (κ3) is 4.93. The fourth-order valence-corrected chi connectivity index (χ4v) is 3.27. The van der Waals surface area contributed by atoms with Crippen LogP contribution in [0.15, 0.2) is 24.3 Å². The van der Waals surface area contributed by atoms with E-state index in [1.807, 2.05) is 4.90 Å². The molecule has 0 aromatic heterocycles. The number of ether oxygens (including phenoxy) is 1. The van der Waals surface area contributed by atoms with Gasteiger partial charge in [0.1, 0.15) is 5.75 Å². The molecule has 0 spiro atoms. The topological polar surface area (TPSA) is 90.9 Å². The molecular weight excluding hydrogens is 322 g/mol. The Morgan fingerprint density at radius 1 is 1.24 bits per heavy atom. The van der Waals surface area contributed by atoms with Crippen LogP contribution in [0.3, 0.4) is 0 Å². The number of hydrogen-bond acceptors (Lipinski definition) is 5. The van der Waals surface area contributed by atoms with Gasteiger partial charge in [-0.25, -0.2) is 0 Å². The molecule has 7 nitrogen and oxygen atoms in total. The van der Waals surface area contributed by atoms with Gasteiger partial charge in [-0.3, -0.25) is 9.59 Å². The molecule has 0 bridgehead atoms. The summed E-state index contributed by atoms with van der Waals surface area (Å²) in [4.78, 5) is 26.6. The van der Waals surface area contributed by atoms with Gasteiger partial charge in [-0.2, -0.15) is 0 Å². The Bertz CT molecular complexity index is 591. The number of morpholine rings is 1. The second-order valence-corrected chi connectivity index (χ2v) is 6.62. The number of carbonyl (C=O) groups is 2. The molecule has 1 aromatic carbocycles. The second kappa shape index (κ2) is 8.31. The number of phenolic OH excluding ortho intramolecular Hbond substituents is 1. The van der Waals surface area contributed by atoms with E-state index in [1.165, 1.54) is 0 Å². The van der Waals surface area contributed by atoms with Crippen molar-refractivity contribution in [2.24, 2.45) is 5.92 Å². The second-order valence-electron chi connectivity index (χ2n) is 6.62. The van der Waals surface area contributed by atoms with E-state index in [2.05, 4.69) is 10.6 Å². The van der Waals surface area contributed by atoms with E-state index in [4.69, 9.17) is 4.74 Å². The number of carbonyl (C=O) groups excluding carboxylic acids is 2. The Hall–Kier alpha value is -2.12. The molecule has 136 valence electrons. The van der Waals surface area contributed by atoms with Gasteiger partial charge in [-0.05, 0) is 37.1 Å². The van der Waals surface area contributed by atoms with E-state index >= 15 is 0 Å². The van der Waals surface area contributed by atoms with Crippen molar-refractivity contribution in [1.82, 2.24) is 10.2 Å². The number of amides is 2. The van der Waals surface area contributed by atoms with Crippen LogP contribution >= 0.6 is 0 Å². The smallest absolute Gasteiger partial charge is 0.227 e. The van der Waals surface area contributed by atoms with Crippen LogP contribution in [-0.2, 0) is 14.3 Å². The van der Waals surface area contributed by atoms with Gasteiger partial charge in [-0.15, -0.1) is 0 Å². The maximum absolute atomic E-state index is 12.4. The third-order valence-electron chi connectivity index (χ3n) is 4.77. The van der Waals surface area contributed by atoms with Gasteiger partial charge in [-0.1, -0.05) is 0 Å². The third-order valence-corrected chi connectivity index (χ3v) is 4.77. The first-order valence-electron chi connectivity index (χ1n) is 8.80. The predicted octanol–water partition coefficient (Wildman–Crippen LogP) is 0.948. The lowest BCUT2D eigenvalue weighted by atomic mass is 9.95. The van der Waals surface area contributed by atoms with Crippen LogP contribution in [0.4, 0.5) is 5.69 Å². The maximum Gasteiger partial charge on any atom is 0.227 e. The summed E-state index contributed by atoms with van der Waals surface area (Å²) in [5.74, 6) is 0.178. The Kier molecular flexibility index (Phi) is 5.88. The summed E-state index contributed by atoms with van der Waals surface area (Å²) in [6.07, 6.45) is 1.79. The average Bonchev–Trinajstić information content (AvgIpc) is 2.64. The molecule has 1 atom stereocenters. The zero-order valence-electron chi connectivity index (χ0n) is 14.2. The molecule has 25 heavy (non-hydrogen) atoms. The van der Waals surface area contributed by atoms with Gasteiger partial charge >= 0.3 is 0 Å². The molecule has 2 saturated heterocycles. The molecule has 3 rings (SSSR count). The lowest BCUT2D eigenvalue weighted by Gasteiger charge is -2.33. The van der Waals surface area contributed by atoms with Crippen LogP contribution in [0.25, 0.3) is 0 Å². The summed E-state index contributed by atoms with van der Waals surface area (Å²) >= 11 is 0. The molecule has 0 saturated carbocycles. The summed E-state index contributed by atoms with van der Waals surface area (Å²) in [5.41, 5.74) is 0.671. The highest BCUT2D eigenvalue weighted by Gasteiger charge is 2.28. The number of nitrogens with one attached hydrogen (secondary N) is 2. The van der Waals surface area contributed by atoms with Gasteiger partial charge in [0.2, 0.25) is 11.8 Å². The summed E-state index contributed by atoms with van der Waals surface area (Å²) in [6.45, 7) is 3.29. The van der Waals surface area contributed by atoms with Crippen LogP contribution in [-0.4, -0.2) is 60.7 Å². The number of phenols is 1. The first kappa shape index (κ1) is 17.7. The Balaban J connectivity index is 1.43. The van der Waals surface area contributed by atoms with Crippen molar-refractivity contribution in [3.05, 3.63) is 24.3 Å². The molecule has 1 aromatic rings. The van der Waals surface area contributed by atoms with E-state index < -0.39 is 0 Å². The number of hydrogen-bond donors (Lipinski definition) is 3. The Labute approximate surface area is 147 Å². The maximum atomic E-state index is 12.4. The van der Waals surface area contributed by atoms with Crippen molar-refractivity contribution in [3.8, 4) is 5.75 Å². The quantitative estimate of drug-likeness (QED) is 0.706. The molecule has 3 N–H and O–H groups in total.